The van der Waals surface area contributed by atoms with Crippen molar-refractivity contribution in [3.05, 3.63) is 45.9 Å². The maximum absolute atomic E-state index is 13.1. The number of hydrogen-bond donors (Lipinski definition) is 1. The molecule has 1 N–H and O–H groups in total. The van der Waals surface area contributed by atoms with Crippen molar-refractivity contribution in [1.82, 2.24) is 14.8 Å². The number of hydrogen-bond acceptors (Lipinski definition) is 3. The van der Waals surface area contributed by atoms with Crippen LogP contribution in [0.5, 0.6) is 0 Å². The van der Waals surface area contributed by atoms with Crippen LogP contribution in [-0.4, -0.2) is 40.4 Å². The van der Waals surface area contributed by atoms with E-state index in [2.05, 4.69) is 11.9 Å². The lowest BCUT2D eigenvalue weighted by Gasteiger charge is -2.23. The molecule has 2 amide bonds. The number of amides is 2. The molecule has 6 nitrogen and oxygen atoms in total. The van der Waals surface area contributed by atoms with Crippen LogP contribution >= 0.6 is 0 Å². The first-order chi connectivity index (χ1) is 13.3. The van der Waals surface area contributed by atoms with Gasteiger partial charge in [-0.15, -0.1) is 0 Å². The highest BCUT2D eigenvalue weighted by Gasteiger charge is 2.26. The van der Waals surface area contributed by atoms with Crippen molar-refractivity contribution in [2.24, 2.45) is 0 Å². The molecule has 0 radical (unpaired) electrons. The Balaban J connectivity index is 2.50. The van der Waals surface area contributed by atoms with E-state index in [1.165, 1.54) is 0 Å². The summed E-state index contributed by atoms with van der Waals surface area (Å²) in [5.74, 6) is -0.760. The molecule has 1 aromatic heterocycles. The molecular formula is C22H33N3O3. The van der Waals surface area contributed by atoms with Gasteiger partial charge in [-0.2, -0.15) is 0 Å². The highest BCUT2D eigenvalue weighted by Crippen LogP contribution is 2.29. The van der Waals surface area contributed by atoms with E-state index >= 15 is 0 Å². The maximum Gasteiger partial charge on any atom is 0.259 e. The van der Waals surface area contributed by atoms with E-state index in [1.54, 1.807) is 17.3 Å². The van der Waals surface area contributed by atoms with Gasteiger partial charge in [0.25, 0.3) is 11.8 Å². The molecule has 0 aromatic carbocycles. The average molecular weight is 388 g/mol. The quantitative estimate of drug-likeness (QED) is 0.694. The molecule has 1 aromatic rings. The first-order valence-electron chi connectivity index (χ1n) is 10.3. The lowest BCUT2D eigenvalue weighted by atomic mass is 10.1. The Labute approximate surface area is 167 Å². The van der Waals surface area contributed by atoms with Crippen molar-refractivity contribution in [3.8, 4) is 0 Å². The van der Waals surface area contributed by atoms with Crippen molar-refractivity contribution in [2.75, 3.05) is 13.1 Å². The highest BCUT2D eigenvalue weighted by molar-refractivity contribution is 5.99. The number of pyridine rings is 1. The van der Waals surface area contributed by atoms with Gasteiger partial charge in [-0.3, -0.25) is 14.4 Å². The number of nitrogens with zero attached hydrogens (tertiary/aromatic N) is 2. The molecule has 0 aliphatic heterocycles. The lowest BCUT2D eigenvalue weighted by Crippen LogP contribution is -2.40. The van der Waals surface area contributed by atoms with Gasteiger partial charge in [-0.1, -0.05) is 31.9 Å². The number of carbonyl (C=O) groups excluding carboxylic acids is 2. The number of carbonyl (C=O) groups is 2. The standard InChI is InChI=1S/C22H33N3O3/c1-6-16(5)23-21(27)18-13-25(17-10-8-9-11-17)14-19(20(18)26)22(28)24(7-2)12-15(3)4/h13-14,16-17H,3,6-12H2,1-2,4-5H3,(H,23,27)/t16-/m1/s1. The maximum atomic E-state index is 13.1. The Hall–Kier alpha value is -2.37. The summed E-state index contributed by atoms with van der Waals surface area (Å²) in [6.45, 7) is 12.3. The Morgan fingerprint density at radius 2 is 1.86 bits per heavy atom. The molecule has 2 rings (SSSR count). The second kappa shape index (κ2) is 9.71. The Kier molecular flexibility index (Phi) is 7.61. The molecular weight excluding hydrogens is 354 g/mol. The largest absolute Gasteiger partial charge is 0.349 e. The molecule has 0 saturated heterocycles. The van der Waals surface area contributed by atoms with Crippen molar-refractivity contribution in [3.63, 3.8) is 0 Å². The van der Waals surface area contributed by atoms with Gasteiger partial charge < -0.3 is 14.8 Å². The summed E-state index contributed by atoms with van der Waals surface area (Å²) in [6.07, 6.45) is 8.25. The molecule has 28 heavy (non-hydrogen) atoms. The van der Waals surface area contributed by atoms with Crippen LogP contribution < -0.4 is 10.7 Å². The van der Waals surface area contributed by atoms with Gasteiger partial charge in [-0.25, -0.2) is 0 Å². The SMILES string of the molecule is C=C(C)CN(CC)C(=O)c1cn(C2CCCC2)cc(C(=O)N[C@H](C)CC)c1=O. The summed E-state index contributed by atoms with van der Waals surface area (Å²) in [4.78, 5) is 40.5. The average Bonchev–Trinajstić information content (AvgIpc) is 3.20. The smallest absolute Gasteiger partial charge is 0.259 e. The van der Waals surface area contributed by atoms with E-state index in [0.29, 0.717) is 13.1 Å². The van der Waals surface area contributed by atoms with Crippen LogP contribution in [0.4, 0.5) is 0 Å². The lowest BCUT2D eigenvalue weighted by molar-refractivity contribution is 0.0776. The number of likely N-dealkylation sites (N-methyl/N-ethyl adjacent to an activating group) is 1. The van der Waals surface area contributed by atoms with Gasteiger partial charge >= 0.3 is 0 Å². The van der Waals surface area contributed by atoms with Gasteiger partial charge in [0.1, 0.15) is 11.1 Å². The monoisotopic (exact) mass is 387 g/mol. The second-order valence-electron chi connectivity index (χ2n) is 7.86. The third-order valence-corrected chi connectivity index (χ3v) is 5.39. The van der Waals surface area contributed by atoms with E-state index in [-0.39, 0.29) is 29.1 Å². The first kappa shape index (κ1) is 21.9. The number of aromatic nitrogens is 1. The minimum atomic E-state index is -0.500. The summed E-state index contributed by atoms with van der Waals surface area (Å²) in [6, 6.07) is 0.181. The molecule has 154 valence electrons. The predicted octanol–water partition coefficient (Wildman–Crippen LogP) is 3.53. The van der Waals surface area contributed by atoms with Gasteiger partial charge in [0.15, 0.2) is 0 Å². The second-order valence-corrected chi connectivity index (χ2v) is 7.86. The van der Waals surface area contributed by atoms with E-state index in [9.17, 15) is 14.4 Å². The third-order valence-electron chi connectivity index (χ3n) is 5.39. The minimum absolute atomic E-state index is 0.0401. The van der Waals surface area contributed by atoms with Crippen LogP contribution in [0.3, 0.4) is 0 Å². The van der Waals surface area contributed by atoms with Crippen LogP contribution in [0, 0.1) is 0 Å². The minimum Gasteiger partial charge on any atom is -0.349 e. The van der Waals surface area contributed by atoms with Crippen LogP contribution in [-0.2, 0) is 0 Å². The summed E-state index contributed by atoms with van der Waals surface area (Å²) >= 11 is 0. The van der Waals surface area contributed by atoms with Gasteiger partial charge in [0.2, 0.25) is 5.43 Å². The predicted molar refractivity (Wildman–Crippen MR) is 112 cm³/mol. The third kappa shape index (κ3) is 5.12. The van der Waals surface area contributed by atoms with Crippen LogP contribution in [0.25, 0.3) is 0 Å². The summed E-state index contributed by atoms with van der Waals surface area (Å²) in [5.41, 5.74) is 0.452. The zero-order chi connectivity index (χ0) is 20.8. The van der Waals surface area contributed by atoms with E-state index < -0.39 is 11.3 Å². The molecule has 0 unspecified atom stereocenters. The molecule has 1 aliphatic carbocycles. The summed E-state index contributed by atoms with van der Waals surface area (Å²) in [5, 5.41) is 2.85. The number of rotatable bonds is 8. The number of nitrogens with one attached hydrogen (secondary N) is 1. The van der Waals surface area contributed by atoms with Crippen molar-refractivity contribution < 1.29 is 9.59 Å². The van der Waals surface area contributed by atoms with Crippen molar-refractivity contribution >= 4 is 11.8 Å². The molecule has 0 spiro atoms. The van der Waals surface area contributed by atoms with E-state index in [4.69, 9.17) is 0 Å². The van der Waals surface area contributed by atoms with Crippen LogP contribution in [0.2, 0.25) is 0 Å². The van der Waals surface area contributed by atoms with Crippen molar-refractivity contribution in [1.29, 1.82) is 0 Å². The first-order valence-corrected chi connectivity index (χ1v) is 10.3. The van der Waals surface area contributed by atoms with E-state index in [0.717, 1.165) is 37.7 Å². The molecule has 0 bridgehead atoms. The Morgan fingerprint density at radius 1 is 1.25 bits per heavy atom. The molecule has 1 heterocycles. The molecule has 1 atom stereocenters. The summed E-state index contributed by atoms with van der Waals surface area (Å²) < 4.78 is 1.90. The topological polar surface area (TPSA) is 71.4 Å². The molecule has 6 heteroatoms. The Morgan fingerprint density at radius 3 is 2.39 bits per heavy atom. The Bertz CT molecular complexity index is 791. The molecule has 1 aliphatic rings. The van der Waals surface area contributed by atoms with Crippen molar-refractivity contribution in [2.45, 2.75) is 71.9 Å². The van der Waals surface area contributed by atoms with Gasteiger partial charge in [0.05, 0.1) is 0 Å². The fourth-order valence-electron chi connectivity index (χ4n) is 3.55. The normalized spacial score (nSPS) is 15.3. The molecule has 1 fully saturated rings. The van der Waals surface area contributed by atoms with Gasteiger partial charge in [0, 0.05) is 37.6 Å². The van der Waals surface area contributed by atoms with E-state index in [1.807, 2.05) is 32.3 Å². The van der Waals surface area contributed by atoms with Gasteiger partial charge in [-0.05, 0) is 40.0 Å². The van der Waals surface area contributed by atoms with Crippen LogP contribution in [0.1, 0.15) is 86.6 Å². The summed E-state index contributed by atoms with van der Waals surface area (Å²) in [7, 11) is 0. The fourth-order valence-corrected chi connectivity index (χ4v) is 3.55. The zero-order valence-electron chi connectivity index (χ0n) is 17.6. The fraction of sp³-hybridized carbons (Fsp3) is 0.591. The zero-order valence-corrected chi connectivity index (χ0v) is 17.6. The van der Waals surface area contributed by atoms with Crippen LogP contribution in [0.15, 0.2) is 29.3 Å². The molecule has 1 saturated carbocycles. The highest BCUT2D eigenvalue weighted by atomic mass is 16.2.